The minimum absolute atomic E-state index is 0. The van der Waals surface area contributed by atoms with Crippen molar-refractivity contribution in [2.24, 2.45) is 5.73 Å². The van der Waals surface area contributed by atoms with Crippen LogP contribution >= 0.6 is 0 Å². The second-order valence-electron chi connectivity index (χ2n) is 18.5. The van der Waals surface area contributed by atoms with Gasteiger partial charge < -0.3 is 47.1 Å². The molecule has 3 saturated heterocycles. The molecule has 3 N–H and O–H groups in total. The minimum Gasteiger partial charge on any atom is -1.00 e. The molecule has 0 aliphatic carbocycles. The number of nitrogens with zero attached hydrogens (tertiary/aromatic N) is 7. The zero-order valence-corrected chi connectivity index (χ0v) is 52.6. The molecule has 3 aliphatic heterocycles. The van der Waals surface area contributed by atoms with E-state index in [4.69, 9.17) is 28.9 Å². The van der Waals surface area contributed by atoms with E-state index in [-0.39, 0.29) is 128 Å². The van der Waals surface area contributed by atoms with E-state index in [9.17, 15) is 57.1 Å². The zero-order chi connectivity index (χ0) is 60.7. The van der Waals surface area contributed by atoms with Crippen molar-refractivity contribution in [1.82, 2.24) is 5.32 Å². The van der Waals surface area contributed by atoms with Crippen LogP contribution in [0.2, 0.25) is 0 Å². The molecule has 85 heavy (non-hydrogen) atoms. The van der Waals surface area contributed by atoms with Gasteiger partial charge in [0.15, 0.2) is 17.2 Å². The average molecular weight is 1250 g/mol. The maximum atomic E-state index is 14.3. The Morgan fingerprint density at radius 1 is 0.482 bits per heavy atom. The van der Waals surface area contributed by atoms with Gasteiger partial charge in [-0.3, -0.25) is 4.79 Å². The Labute approximate surface area is 570 Å². The fraction of sp³-hybridized carbons (Fsp3) is 0.328. The number of hydrogen-bond acceptors (Lipinski definition) is 10. The summed E-state index contributed by atoms with van der Waals surface area (Å²) in [6.07, 6.45) is -10.4. The predicted octanol–water partition coefficient (Wildman–Crippen LogP) is 6.71. The summed E-state index contributed by atoms with van der Waals surface area (Å²) >= 11 is 0. The fourth-order valence-corrected chi connectivity index (χ4v) is 8.83. The van der Waals surface area contributed by atoms with E-state index in [1.165, 1.54) is 42.5 Å². The molecule has 0 atom stereocenters. The third kappa shape index (κ3) is 23.9. The summed E-state index contributed by atoms with van der Waals surface area (Å²) in [5.41, 5.74) is 8.06. The first-order chi connectivity index (χ1) is 39.5. The fourth-order valence-electron chi connectivity index (χ4n) is 8.83. The van der Waals surface area contributed by atoms with Crippen LogP contribution in [0.4, 0.5) is 96.9 Å². The summed E-state index contributed by atoms with van der Waals surface area (Å²) < 4.78 is 166. The molecular formula is C58H58F13K2N9O3. The number of carbonyl (C=O) groups excluding carboxylic acids is 1. The van der Waals surface area contributed by atoms with Gasteiger partial charge in [0.25, 0.3) is 6.47 Å². The number of hydrogen-bond donors (Lipinski definition) is 2. The van der Waals surface area contributed by atoms with Gasteiger partial charge in [-0.05, 0) is 141 Å². The van der Waals surface area contributed by atoms with Crippen LogP contribution in [0.5, 0.6) is 0 Å². The molecule has 0 saturated carbocycles. The summed E-state index contributed by atoms with van der Waals surface area (Å²) in [6.45, 7) is 22.1. The van der Waals surface area contributed by atoms with Gasteiger partial charge in [-0.15, -0.1) is 0 Å². The van der Waals surface area contributed by atoms with E-state index in [1.54, 1.807) is 30.3 Å². The predicted molar refractivity (Wildman–Crippen MR) is 290 cm³/mol. The second-order valence-corrected chi connectivity index (χ2v) is 18.5. The maximum absolute atomic E-state index is 14.3. The molecule has 0 amide bonds. The van der Waals surface area contributed by atoms with Gasteiger partial charge in [0.05, 0.1) is 41.2 Å². The number of nitrogens with two attached hydrogens (primary N) is 1. The van der Waals surface area contributed by atoms with E-state index in [2.05, 4.69) is 24.8 Å². The number of alkyl halides is 9. The zero-order valence-electron chi connectivity index (χ0n) is 47.4. The van der Waals surface area contributed by atoms with Gasteiger partial charge in [0.1, 0.15) is 17.5 Å². The maximum Gasteiger partial charge on any atom is 1.00 e. The first-order valence-electron chi connectivity index (χ1n) is 25.7. The van der Waals surface area contributed by atoms with Gasteiger partial charge in [0.2, 0.25) is 0 Å². The summed E-state index contributed by atoms with van der Waals surface area (Å²) in [6, 6.07) is 28.2. The van der Waals surface area contributed by atoms with Crippen LogP contribution in [0.25, 0.3) is 9.69 Å². The van der Waals surface area contributed by atoms with Crippen LogP contribution < -0.4 is 144 Å². The van der Waals surface area contributed by atoms with Crippen molar-refractivity contribution in [2.45, 2.75) is 44.3 Å². The number of halogens is 13. The summed E-state index contributed by atoms with van der Waals surface area (Å²) in [4.78, 5) is 27.4. The second kappa shape index (κ2) is 36.4. The van der Waals surface area contributed by atoms with Crippen LogP contribution in [0, 0.1) is 36.4 Å². The van der Waals surface area contributed by atoms with Gasteiger partial charge in [-0.25, -0.2) is 27.3 Å². The van der Waals surface area contributed by atoms with Crippen molar-refractivity contribution in [3.8, 4) is 0 Å². The Bertz CT molecular complexity index is 3080. The number of anilines is 5. The molecule has 0 bridgehead atoms. The van der Waals surface area contributed by atoms with E-state index in [0.717, 1.165) is 117 Å². The molecule has 0 radical (unpaired) electrons. The van der Waals surface area contributed by atoms with E-state index in [0.29, 0.717) is 70.3 Å². The largest absolute Gasteiger partial charge is 1.00 e. The van der Waals surface area contributed by atoms with E-state index in [1.807, 2.05) is 25.7 Å². The molecular weight excluding hydrogens is 1200 g/mol. The number of benzene rings is 6. The first-order valence-corrected chi connectivity index (χ1v) is 25.7. The topological polar surface area (TPSA) is 112 Å². The van der Waals surface area contributed by atoms with Crippen molar-refractivity contribution in [1.29, 1.82) is 0 Å². The van der Waals surface area contributed by atoms with Crippen molar-refractivity contribution in [3.63, 3.8) is 0 Å². The molecule has 0 unspecified atom stereocenters. The molecule has 27 heteroatoms. The summed E-state index contributed by atoms with van der Waals surface area (Å²) in [5.74, 6) is -2.63. The Kier molecular flexibility index (Phi) is 31.8. The molecule has 9 rings (SSSR count). The Morgan fingerprint density at radius 3 is 1.20 bits per heavy atom. The number of rotatable bonds is 7. The minimum atomic E-state index is -4.34. The van der Waals surface area contributed by atoms with Crippen LogP contribution in [-0.4, -0.2) is 85.0 Å². The van der Waals surface area contributed by atoms with Gasteiger partial charge in [0, 0.05) is 95.6 Å². The van der Waals surface area contributed by atoms with Gasteiger partial charge >= 0.3 is 121 Å². The van der Waals surface area contributed by atoms with Crippen molar-refractivity contribution in [3.05, 3.63) is 196 Å². The van der Waals surface area contributed by atoms with Crippen molar-refractivity contribution < 1.29 is 176 Å². The standard InChI is InChI=1S/C19H17F4N3.C19H21F4N3.C12H15F3N2.C7H3F2N.CH2O3.2K.H/c1-24-15-5-8-18(17(20)13-15)26-10-2-9-25(11-12-26)16-6-3-14(4-7-16)19(21,22)23;20-17-12-14(13-24)2-7-18(17)26-9-1-8-25(10-11-26)16-5-3-15(4-6-16)19(21,22)23;13-12(14,15)10-2-4-11(5-3-10)17-8-1-6-16-7-9-17;1-10-5-2-3-6(8)7(9)4-5;2-1-4-3;;;/h3-8,13H,2,9-12H2;2-7,12H,1,8-11,13,24H2;2-5,16H,1,6-9H2;2-4H;1,3H;;;/q;;;;;2*+1;-1/p-1. The summed E-state index contributed by atoms with van der Waals surface area (Å²) in [7, 11) is 0. The Morgan fingerprint density at radius 2 is 0.835 bits per heavy atom. The molecule has 3 fully saturated rings. The number of nitrogens with one attached hydrogen (secondary N) is 1. The quantitative estimate of drug-likeness (QED) is 0.0448. The average Bonchev–Trinajstić information content (AvgIpc) is 3.17. The molecule has 3 heterocycles. The van der Waals surface area contributed by atoms with Crippen molar-refractivity contribution >= 4 is 46.3 Å². The molecule has 0 aromatic heterocycles. The molecule has 446 valence electrons. The third-order valence-electron chi connectivity index (χ3n) is 13.1. The smallest absolute Gasteiger partial charge is 1.00 e. The molecule has 12 nitrogen and oxygen atoms in total. The van der Waals surface area contributed by atoms with Gasteiger partial charge in [-0.1, -0.05) is 18.2 Å². The van der Waals surface area contributed by atoms with Crippen LogP contribution in [0.1, 0.15) is 42.9 Å². The molecule has 0 spiro atoms. The van der Waals surface area contributed by atoms with E-state index >= 15 is 0 Å². The van der Waals surface area contributed by atoms with Crippen LogP contribution in [-0.2, 0) is 34.8 Å². The van der Waals surface area contributed by atoms with Crippen LogP contribution in [0.3, 0.4) is 0 Å². The van der Waals surface area contributed by atoms with Gasteiger partial charge in [-0.2, -0.15) is 39.5 Å². The van der Waals surface area contributed by atoms with Crippen LogP contribution in [0.15, 0.2) is 127 Å². The summed E-state index contributed by atoms with van der Waals surface area (Å²) in [5, 5.41) is 11.7. The van der Waals surface area contributed by atoms with E-state index < -0.39 is 52.7 Å². The monoisotopic (exact) mass is 1250 g/mol. The molecule has 6 aromatic rings. The number of carbonyl (C=O) groups is 1. The SMILES string of the molecule is FC(F)(F)c1ccc(N2CCCNCC2)cc1.NCc1ccc(N2CCCN(c3ccc(C(F)(F)F)cc3)CC2)c(F)c1.O=CO[O-].[C-]#[N+]c1ccc(F)c(F)c1.[C-]#[N+]c1ccc(N2CCCN(c3ccc(C(F)(F)F)cc3)CC2)c(F)c1.[H-].[K+].[K+]. The normalized spacial score (nSPS) is 14.5. The molecule has 3 aliphatic rings. The Hall–Kier alpha value is -4.99. The molecule has 6 aromatic carbocycles. The van der Waals surface area contributed by atoms with Crippen molar-refractivity contribution in [2.75, 3.05) is 103 Å². The first kappa shape index (κ1) is 74.3. The Balaban J connectivity index is 0.000000395. The third-order valence-corrected chi connectivity index (χ3v) is 13.1.